The number of anilines is 1. The zero-order valence-electron chi connectivity index (χ0n) is 13.8. The van der Waals surface area contributed by atoms with E-state index in [2.05, 4.69) is 45.2 Å². The highest BCUT2D eigenvalue weighted by Gasteiger charge is 2.34. The fraction of sp³-hybridized carbons (Fsp3) is 0.111. The highest BCUT2D eigenvalue weighted by Crippen LogP contribution is 2.41. The zero-order valence-corrected chi connectivity index (χ0v) is 21.2. The number of thiocarbonyl (C=S) groups is 1. The van der Waals surface area contributed by atoms with Gasteiger partial charge in [-0.15, -0.1) is 0 Å². The molecule has 0 unspecified atom stereocenters. The van der Waals surface area contributed by atoms with Crippen molar-refractivity contribution < 1.29 is 9.53 Å². The molecule has 1 aliphatic heterocycles. The number of rotatable bonds is 4. The number of hydrogen-bond acceptors (Lipinski definition) is 4. The SMILES string of the molecule is CCOc1c(I)cc(I)cc1/C=C1\SC(=S)N(c2ccc(Cl)cc2Cl)C1=O. The summed E-state index contributed by atoms with van der Waals surface area (Å²) in [5, 5.41) is 0.874. The van der Waals surface area contributed by atoms with Gasteiger partial charge in [0, 0.05) is 14.2 Å². The molecule has 140 valence electrons. The predicted molar refractivity (Wildman–Crippen MR) is 135 cm³/mol. The molecule has 0 aromatic heterocycles. The van der Waals surface area contributed by atoms with Gasteiger partial charge in [-0.3, -0.25) is 9.69 Å². The number of amides is 1. The summed E-state index contributed by atoms with van der Waals surface area (Å²) in [7, 11) is 0. The minimum absolute atomic E-state index is 0.217. The summed E-state index contributed by atoms with van der Waals surface area (Å²) < 4.78 is 8.25. The first-order valence-electron chi connectivity index (χ1n) is 7.66. The molecular weight excluding hydrogens is 651 g/mol. The lowest BCUT2D eigenvalue weighted by Crippen LogP contribution is -2.27. The second-order valence-corrected chi connectivity index (χ2v) is 10.3. The number of ether oxygens (including phenoxy) is 1. The first-order chi connectivity index (χ1) is 12.8. The predicted octanol–water partition coefficient (Wildman–Crippen LogP) is 7.01. The van der Waals surface area contributed by atoms with E-state index in [4.69, 9.17) is 40.2 Å². The topological polar surface area (TPSA) is 29.5 Å². The molecule has 0 bridgehead atoms. The van der Waals surface area contributed by atoms with Gasteiger partial charge in [0.05, 0.1) is 25.8 Å². The van der Waals surface area contributed by atoms with Gasteiger partial charge in [0.25, 0.3) is 5.91 Å². The number of carbonyl (C=O) groups excluding carboxylic acids is 1. The molecule has 0 atom stereocenters. The Labute approximate surface area is 204 Å². The number of benzene rings is 2. The molecule has 0 N–H and O–H groups in total. The molecule has 1 aliphatic rings. The summed E-state index contributed by atoms with van der Waals surface area (Å²) >= 11 is 23.4. The van der Waals surface area contributed by atoms with Gasteiger partial charge in [0.1, 0.15) is 5.75 Å². The summed E-state index contributed by atoms with van der Waals surface area (Å²) in [6, 6.07) is 8.98. The van der Waals surface area contributed by atoms with E-state index >= 15 is 0 Å². The van der Waals surface area contributed by atoms with E-state index in [0.29, 0.717) is 31.6 Å². The smallest absolute Gasteiger partial charge is 0.270 e. The summed E-state index contributed by atoms with van der Waals surface area (Å²) in [6.07, 6.45) is 1.82. The first kappa shape index (κ1) is 21.6. The Balaban J connectivity index is 2.03. The maximum atomic E-state index is 13.0. The van der Waals surface area contributed by atoms with Crippen molar-refractivity contribution in [2.45, 2.75) is 6.92 Å². The number of nitrogens with zero attached hydrogens (tertiary/aromatic N) is 1. The minimum Gasteiger partial charge on any atom is -0.492 e. The third-order valence-electron chi connectivity index (χ3n) is 3.56. The molecule has 1 amide bonds. The van der Waals surface area contributed by atoms with E-state index in [1.54, 1.807) is 18.2 Å². The Morgan fingerprint density at radius 3 is 2.67 bits per heavy atom. The largest absolute Gasteiger partial charge is 0.492 e. The third kappa shape index (κ3) is 4.75. The Morgan fingerprint density at radius 1 is 1.26 bits per heavy atom. The van der Waals surface area contributed by atoms with E-state index in [0.717, 1.165) is 18.5 Å². The number of halogens is 4. The van der Waals surface area contributed by atoms with E-state index in [9.17, 15) is 4.79 Å². The van der Waals surface area contributed by atoms with Crippen LogP contribution in [-0.4, -0.2) is 16.8 Å². The van der Waals surface area contributed by atoms with Gasteiger partial charge in [-0.1, -0.05) is 47.2 Å². The molecule has 9 heteroatoms. The van der Waals surface area contributed by atoms with Crippen LogP contribution in [0.3, 0.4) is 0 Å². The standard InChI is InChI=1S/C18H11Cl2I2NO2S2/c1-2-25-16-9(5-11(21)8-13(16)22)6-15-17(24)23(18(26)27-15)14-4-3-10(19)7-12(14)20/h3-8H,2H2,1H3/b15-6-. The summed E-state index contributed by atoms with van der Waals surface area (Å²) in [4.78, 5) is 15.0. The Kier molecular flexibility index (Phi) is 7.34. The van der Waals surface area contributed by atoms with Crippen molar-refractivity contribution >= 4 is 114 Å². The second kappa shape index (κ2) is 9.17. The molecule has 0 radical (unpaired) electrons. The van der Waals surface area contributed by atoms with Crippen molar-refractivity contribution in [3.8, 4) is 5.75 Å². The van der Waals surface area contributed by atoms with Gasteiger partial charge >= 0.3 is 0 Å². The molecule has 27 heavy (non-hydrogen) atoms. The van der Waals surface area contributed by atoms with Crippen LogP contribution in [0.15, 0.2) is 35.2 Å². The van der Waals surface area contributed by atoms with Crippen LogP contribution in [0.2, 0.25) is 10.0 Å². The van der Waals surface area contributed by atoms with Crippen LogP contribution in [0.25, 0.3) is 6.08 Å². The lowest BCUT2D eigenvalue weighted by atomic mass is 10.2. The molecule has 0 spiro atoms. The highest BCUT2D eigenvalue weighted by molar-refractivity contribution is 14.1. The van der Waals surface area contributed by atoms with Gasteiger partial charge in [-0.05, 0) is 88.5 Å². The summed E-state index contributed by atoms with van der Waals surface area (Å²) in [5.41, 5.74) is 1.37. The first-order valence-corrected chi connectivity index (χ1v) is 11.8. The van der Waals surface area contributed by atoms with Crippen molar-refractivity contribution in [2.24, 2.45) is 0 Å². The van der Waals surface area contributed by atoms with E-state index < -0.39 is 0 Å². The van der Waals surface area contributed by atoms with Crippen LogP contribution < -0.4 is 9.64 Å². The van der Waals surface area contributed by atoms with Crippen LogP contribution in [0.1, 0.15) is 12.5 Å². The summed E-state index contributed by atoms with van der Waals surface area (Å²) in [6.45, 7) is 2.47. The maximum Gasteiger partial charge on any atom is 0.270 e. The molecule has 2 aromatic carbocycles. The maximum absolute atomic E-state index is 13.0. The van der Waals surface area contributed by atoms with Crippen LogP contribution in [0.4, 0.5) is 5.69 Å². The molecule has 1 fully saturated rings. The van der Waals surface area contributed by atoms with Gasteiger partial charge in [-0.2, -0.15) is 0 Å². The van der Waals surface area contributed by atoms with E-state index in [-0.39, 0.29) is 5.91 Å². The number of hydrogen-bond donors (Lipinski definition) is 0. The van der Waals surface area contributed by atoms with Gasteiger partial charge in [0.15, 0.2) is 4.32 Å². The second-order valence-electron chi connectivity index (χ2n) is 5.35. The average Bonchev–Trinajstić information content (AvgIpc) is 2.85. The Morgan fingerprint density at radius 2 is 2.00 bits per heavy atom. The van der Waals surface area contributed by atoms with Gasteiger partial charge in [-0.25, -0.2) is 0 Å². The van der Waals surface area contributed by atoms with Gasteiger partial charge < -0.3 is 4.74 Å². The molecule has 1 heterocycles. The minimum atomic E-state index is -0.217. The van der Waals surface area contributed by atoms with Crippen LogP contribution in [0.5, 0.6) is 5.75 Å². The van der Waals surface area contributed by atoms with Crippen LogP contribution in [0, 0.1) is 7.14 Å². The monoisotopic (exact) mass is 661 g/mol. The molecule has 2 aromatic rings. The van der Waals surface area contributed by atoms with Crippen molar-refractivity contribution in [3.05, 3.63) is 58.0 Å². The molecule has 3 nitrogen and oxygen atoms in total. The van der Waals surface area contributed by atoms with Crippen molar-refractivity contribution in [3.63, 3.8) is 0 Å². The highest BCUT2D eigenvalue weighted by atomic mass is 127. The fourth-order valence-corrected chi connectivity index (χ4v) is 6.28. The zero-order chi connectivity index (χ0) is 19.7. The van der Waals surface area contributed by atoms with E-state index in [1.807, 2.05) is 25.1 Å². The van der Waals surface area contributed by atoms with Crippen molar-refractivity contribution in [2.75, 3.05) is 11.5 Å². The van der Waals surface area contributed by atoms with Gasteiger partial charge in [0.2, 0.25) is 0 Å². The molecule has 1 saturated heterocycles. The lowest BCUT2D eigenvalue weighted by molar-refractivity contribution is -0.113. The molecule has 0 saturated carbocycles. The molecule has 3 rings (SSSR count). The number of carbonyl (C=O) groups is 1. The van der Waals surface area contributed by atoms with Crippen LogP contribution in [-0.2, 0) is 4.79 Å². The molecular formula is C18H11Cl2I2NO2S2. The lowest BCUT2D eigenvalue weighted by Gasteiger charge is -2.16. The Bertz CT molecular complexity index is 982. The quantitative estimate of drug-likeness (QED) is 0.200. The Hall–Kier alpha value is -0.0700. The number of thioether (sulfide) groups is 1. The van der Waals surface area contributed by atoms with Crippen molar-refractivity contribution in [1.82, 2.24) is 0 Å². The molecule has 0 aliphatic carbocycles. The van der Waals surface area contributed by atoms with E-state index in [1.165, 1.54) is 16.7 Å². The normalized spacial score (nSPS) is 15.7. The fourth-order valence-electron chi connectivity index (χ4n) is 2.46. The van der Waals surface area contributed by atoms with Crippen molar-refractivity contribution in [1.29, 1.82) is 0 Å². The van der Waals surface area contributed by atoms with Crippen LogP contribution >= 0.6 is 92.4 Å². The summed E-state index contributed by atoms with van der Waals surface area (Å²) in [5.74, 6) is 0.541. The average molecular weight is 662 g/mol. The third-order valence-corrected chi connectivity index (χ3v) is 6.82.